The van der Waals surface area contributed by atoms with E-state index in [2.05, 4.69) is 35.1 Å². The highest BCUT2D eigenvalue weighted by molar-refractivity contribution is 9.10. The van der Waals surface area contributed by atoms with Gasteiger partial charge in [0.15, 0.2) is 0 Å². The monoisotopic (exact) mass is 281 g/mol. The average molecular weight is 282 g/mol. The van der Waals surface area contributed by atoms with Crippen LogP contribution in [0.4, 0.5) is 0 Å². The molecular weight excluding hydrogens is 266 g/mol. The minimum atomic E-state index is 0.0278. The predicted octanol–water partition coefficient (Wildman–Crippen LogP) is 3.29. The summed E-state index contributed by atoms with van der Waals surface area (Å²) in [7, 11) is 0. The van der Waals surface area contributed by atoms with Gasteiger partial charge in [0, 0.05) is 16.1 Å². The Morgan fingerprint density at radius 3 is 2.56 bits per heavy atom. The molecule has 1 aromatic carbocycles. The molecule has 1 N–H and O–H groups in total. The van der Waals surface area contributed by atoms with Gasteiger partial charge in [-0.1, -0.05) is 29.8 Å². The number of hydrogen-bond donors (Lipinski definition) is 1. The first-order chi connectivity index (χ1) is 7.38. The lowest BCUT2D eigenvalue weighted by Gasteiger charge is -2.08. The Morgan fingerprint density at radius 1 is 1.44 bits per heavy atom. The van der Waals surface area contributed by atoms with Crippen LogP contribution in [-0.2, 0) is 0 Å². The number of halogens is 1. The van der Waals surface area contributed by atoms with Gasteiger partial charge in [0.2, 0.25) is 0 Å². The van der Waals surface area contributed by atoms with E-state index in [1.807, 2.05) is 25.1 Å². The lowest BCUT2D eigenvalue weighted by Crippen LogP contribution is -2.28. The number of carbonyl (C=O) groups excluding carboxylic acids is 1. The lowest BCUT2D eigenvalue weighted by atomic mass is 10.1. The number of rotatable bonds is 2. The molecule has 1 atom stereocenters. The van der Waals surface area contributed by atoms with Crippen molar-refractivity contribution in [2.24, 2.45) is 5.41 Å². The van der Waals surface area contributed by atoms with Crippen LogP contribution < -0.4 is 5.32 Å². The van der Waals surface area contributed by atoms with E-state index in [9.17, 15) is 4.79 Å². The maximum atomic E-state index is 12.0. The molecule has 1 aromatic rings. The van der Waals surface area contributed by atoms with Gasteiger partial charge >= 0.3 is 0 Å². The molecule has 1 aliphatic rings. The molecule has 1 aliphatic carbocycles. The van der Waals surface area contributed by atoms with Crippen molar-refractivity contribution in [3.05, 3.63) is 33.8 Å². The second-order valence-corrected chi connectivity index (χ2v) is 6.15. The van der Waals surface area contributed by atoms with E-state index in [0.29, 0.717) is 6.04 Å². The van der Waals surface area contributed by atoms with Crippen molar-refractivity contribution < 1.29 is 4.79 Å². The van der Waals surface area contributed by atoms with Crippen LogP contribution >= 0.6 is 15.9 Å². The third-order valence-corrected chi connectivity index (χ3v) is 3.58. The molecule has 0 saturated heterocycles. The van der Waals surface area contributed by atoms with Crippen LogP contribution in [0, 0.1) is 12.3 Å². The molecule has 1 unspecified atom stereocenters. The Labute approximate surface area is 105 Å². The number of benzene rings is 1. The van der Waals surface area contributed by atoms with Crippen LogP contribution in [0.2, 0.25) is 0 Å². The Balaban J connectivity index is 2.09. The summed E-state index contributed by atoms with van der Waals surface area (Å²) in [5.41, 5.74) is 2.10. The zero-order valence-electron chi connectivity index (χ0n) is 9.80. The molecule has 0 bridgehead atoms. The molecule has 3 heteroatoms. The fourth-order valence-corrected chi connectivity index (χ4v) is 2.43. The molecule has 0 spiro atoms. The minimum absolute atomic E-state index is 0.0278. The van der Waals surface area contributed by atoms with Gasteiger partial charge in [0.25, 0.3) is 5.91 Å². The summed E-state index contributed by atoms with van der Waals surface area (Å²) in [6.45, 7) is 6.33. The molecule has 0 aromatic heterocycles. The van der Waals surface area contributed by atoms with E-state index in [-0.39, 0.29) is 11.3 Å². The molecule has 2 nitrogen and oxygen atoms in total. The first-order valence-electron chi connectivity index (χ1n) is 5.46. The molecule has 0 aliphatic heterocycles. The van der Waals surface area contributed by atoms with Crippen LogP contribution in [0.15, 0.2) is 22.7 Å². The highest BCUT2D eigenvalue weighted by atomic mass is 79.9. The van der Waals surface area contributed by atoms with Crippen LogP contribution in [0.3, 0.4) is 0 Å². The Bertz CT molecular complexity index is 419. The summed E-state index contributed by atoms with van der Waals surface area (Å²) in [5.74, 6) is 0.0278. The summed E-state index contributed by atoms with van der Waals surface area (Å²) in [5, 5.41) is 3.06. The van der Waals surface area contributed by atoms with Crippen LogP contribution in [0.5, 0.6) is 0 Å². The highest BCUT2D eigenvalue weighted by Crippen LogP contribution is 2.44. The molecule has 1 fully saturated rings. The Morgan fingerprint density at radius 2 is 2.06 bits per heavy atom. The number of hydrogen-bond acceptors (Lipinski definition) is 1. The van der Waals surface area contributed by atoms with Crippen molar-refractivity contribution in [3.63, 3.8) is 0 Å². The van der Waals surface area contributed by atoms with Gasteiger partial charge in [-0.2, -0.15) is 0 Å². The summed E-state index contributed by atoms with van der Waals surface area (Å²) >= 11 is 3.41. The maximum absolute atomic E-state index is 12.0. The highest BCUT2D eigenvalue weighted by Gasteiger charge is 2.46. The summed E-state index contributed by atoms with van der Waals surface area (Å²) < 4.78 is 0.952. The summed E-state index contributed by atoms with van der Waals surface area (Å²) in [4.78, 5) is 12.0. The number of aryl methyl sites for hydroxylation is 1. The van der Waals surface area contributed by atoms with E-state index >= 15 is 0 Å². The van der Waals surface area contributed by atoms with E-state index in [1.165, 1.54) is 0 Å². The average Bonchev–Trinajstić information content (AvgIpc) is 2.71. The van der Waals surface area contributed by atoms with E-state index in [4.69, 9.17) is 0 Å². The number of amides is 1. The fourth-order valence-electron chi connectivity index (χ4n) is 1.82. The Hall–Kier alpha value is -0.830. The van der Waals surface area contributed by atoms with E-state index < -0.39 is 0 Å². The summed E-state index contributed by atoms with van der Waals surface area (Å²) in [6.07, 6.45) is 1.08. The second-order valence-electron chi connectivity index (χ2n) is 5.24. The van der Waals surface area contributed by atoms with Crippen molar-refractivity contribution in [1.29, 1.82) is 0 Å². The van der Waals surface area contributed by atoms with Crippen molar-refractivity contribution >= 4 is 21.8 Å². The van der Waals surface area contributed by atoms with Crippen LogP contribution in [0.1, 0.15) is 36.2 Å². The third-order valence-electron chi connectivity index (χ3n) is 3.12. The smallest absolute Gasteiger partial charge is 0.251 e. The quantitative estimate of drug-likeness (QED) is 0.886. The van der Waals surface area contributed by atoms with Gasteiger partial charge in [-0.05, 0) is 42.5 Å². The summed E-state index contributed by atoms with van der Waals surface area (Å²) in [6, 6.07) is 6.10. The van der Waals surface area contributed by atoms with Gasteiger partial charge < -0.3 is 5.32 Å². The largest absolute Gasteiger partial charge is 0.349 e. The van der Waals surface area contributed by atoms with Gasteiger partial charge in [-0.25, -0.2) is 0 Å². The normalized spacial score (nSPS) is 21.6. The third kappa shape index (κ3) is 2.46. The molecule has 86 valence electrons. The van der Waals surface area contributed by atoms with E-state index in [0.717, 1.165) is 22.0 Å². The van der Waals surface area contributed by atoms with Gasteiger partial charge in [0.1, 0.15) is 0 Å². The predicted molar refractivity (Wildman–Crippen MR) is 68.5 cm³/mol. The van der Waals surface area contributed by atoms with E-state index in [1.54, 1.807) is 0 Å². The van der Waals surface area contributed by atoms with Gasteiger partial charge in [-0.3, -0.25) is 4.79 Å². The Kier molecular flexibility index (Phi) is 2.82. The van der Waals surface area contributed by atoms with Crippen molar-refractivity contribution in [2.75, 3.05) is 0 Å². The zero-order valence-corrected chi connectivity index (χ0v) is 11.4. The van der Waals surface area contributed by atoms with Gasteiger partial charge in [0.05, 0.1) is 0 Å². The number of carbonyl (C=O) groups is 1. The number of nitrogens with one attached hydrogen (secondary N) is 1. The first kappa shape index (κ1) is 11.6. The molecule has 1 amide bonds. The van der Waals surface area contributed by atoms with Crippen molar-refractivity contribution in [2.45, 2.75) is 33.2 Å². The van der Waals surface area contributed by atoms with Crippen molar-refractivity contribution in [3.8, 4) is 0 Å². The molecule has 0 heterocycles. The molecule has 0 radical (unpaired) electrons. The second kappa shape index (κ2) is 3.88. The maximum Gasteiger partial charge on any atom is 0.251 e. The fraction of sp³-hybridized carbons (Fsp3) is 0.462. The topological polar surface area (TPSA) is 29.1 Å². The van der Waals surface area contributed by atoms with Crippen molar-refractivity contribution in [1.82, 2.24) is 5.32 Å². The lowest BCUT2D eigenvalue weighted by molar-refractivity contribution is 0.0946. The van der Waals surface area contributed by atoms with Crippen LogP contribution in [-0.4, -0.2) is 11.9 Å². The van der Waals surface area contributed by atoms with Gasteiger partial charge in [-0.15, -0.1) is 0 Å². The van der Waals surface area contributed by atoms with Crippen LogP contribution in [0.25, 0.3) is 0 Å². The minimum Gasteiger partial charge on any atom is -0.349 e. The molecule has 1 saturated carbocycles. The molecule has 16 heavy (non-hydrogen) atoms. The zero-order chi connectivity index (χ0) is 11.9. The SMILES string of the molecule is Cc1cc(Br)cc(C(=O)NC2CC2(C)C)c1. The molecular formula is C13H16BrNO. The molecule has 2 rings (SSSR count). The standard InChI is InChI=1S/C13H16BrNO/c1-8-4-9(6-10(14)5-8)12(16)15-11-7-13(11,2)3/h4-6,11H,7H2,1-3H3,(H,15,16). The first-order valence-corrected chi connectivity index (χ1v) is 6.26.